The average molecular weight is 525 g/mol. The van der Waals surface area contributed by atoms with Crippen LogP contribution in [0.5, 0.6) is 11.5 Å². The Labute approximate surface area is 198 Å². The Morgan fingerprint density at radius 1 is 1.09 bits per heavy atom. The summed E-state index contributed by atoms with van der Waals surface area (Å²) in [6.07, 6.45) is 1.44. The van der Waals surface area contributed by atoms with Gasteiger partial charge in [0.25, 0.3) is 0 Å². The number of amides is 1. The van der Waals surface area contributed by atoms with E-state index in [0.29, 0.717) is 60.7 Å². The third-order valence-electron chi connectivity index (χ3n) is 5.20. The van der Waals surface area contributed by atoms with Gasteiger partial charge in [0.05, 0.1) is 18.9 Å². The predicted molar refractivity (Wildman–Crippen MR) is 128 cm³/mol. The molecule has 2 aromatic rings. The van der Waals surface area contributed by atoms with Crippen molar-refractivity contribution in [2.24, 2.45) is 0 Å². The number of halogens is 1. The normalized spacial score (nSPS) is 13.2. The molecule has 0 saturated carbocycles. The van der Waals surface area contributed by atoms with Crippen molar-refractivity contribution in [3.63, 3.8) is 0 Å². The van der Waals surface area contributed by atoms with Crippen LogP contribution in [0.25, 0.3) is 0 Å². The first-order valence-electron chi connectivity index (χ1n) is 10.8. The zero-order valence-corrected chi connectivity index (χ0v) is 21.0. The van der Waals surface area contributed by atoms with Crippen molar-refractivity contribution in [1.82, 2.24) is 4.72 Å². The second kappa shape index (κ2) is 10.7. The molecular weight excluding hydrogens is 496 g/mol. The van der Waals surface area contributed by atoms with Gasteiger partial charge >= 0.3 is 0 Å². The maximum atomic E-state index is 13.2. The monoisotopic (exact) mass is 524 g/mol. The summed E-state index contributed by atoms with van der Waals surface area (Å²) in [5.41, 5.74) is 2.28. The molecule has 0 atom stereocenters. The maximum absolute atomic E-state index is 13.2. The number of hydrogen-bond acceptors (Lipinski definition) is 5. The number of hydrogen-bond donors (Lipinski definition) is 1. The quantitative estimate of drug-likeness (QED) is 0.506. The SMILES string of the molecule is CCOc1ccc(CCNS(=O)(=O)c2cc(Br)cc3c2N(C(=O)CC)CC3)cc1OCC. The standard InChI is InChI=1S/C23H29BrN2O5S/c1-4-22(27)26-12-10-17-14-18(24)15-21(23(17)26)32(28,29)25-11-9-16-7-8-19(30-5-2)20(13-16)31-6-3/h7-8,13-15,25H,4-6,9-12H2,1-3H3. The van der Waals surface area contributed by atoms with Crippen LogP contribution in [0.3, 0.4) is 0 Å². The third-order valence-corrected chi connectivity index (χ3v) is 7.13. The van der Waals surface area contributed by atoms with Gasteiger partial charge in [0, 0.05) is 24.0 Å². The van der Waals surface area contributed by atoms with E-state index in [1.807, 2.05) is 38.1 Å². The summed E-state index contributed by atoms with van der Waals surface area (Å²) in [6, 6.07) is 9.06. The molecule has 0 aromatic heterocycles. The minimum absolute atomic E-state index is 0.0830. The fourth-order valence-corrected chi connectivity index (χ4v) is 5.73. The van der Waals surface area contributed by atoms with Gasteiger partial charge in [-0.2, -0.15) is 0 Å². The number of nitrogens with one attached hydrogen (secondary N) is 1. The molecule has 0 radical (unpaired) electrons. The Morgan fingerprint density at radius 2 is 1.81 bits per heavy atom. The molecule has 1 N–H and O–H groups in total. The lowest BCUT2D eigenvalue weighted by molar-refractivity contribution is -0.118. The van der Waals surface area contributed by atoms with E-state index < -0.39 is 10.0 Å². The molecule has 174 valence electrons. The number of nitrogens with zero attached hydrogens (tertiary/aromatic N) is 1. The summed E-state index contributed by atoms with van der Waals surface area (Å²) in [7, 11) is -3.82. The van der Waals surface area contributed by atoms with Crippen LogP contribution in [0.15, 0.2) is 39.7 Å². The molecule has 32 heavy (non-hydrogen) atoms. The molecule has 1 heterocycles. The van der Waals surface area contributed by atoms with Crippen molar-refractivity contribution in [2.75, 3.05) is 31.2 Å². The lowest BCUT2D eigenvalue weighted by atomic mass is 10.1. The highest BCUT2D eigenvalue weighted by molar-refractivity contribution is 9.10. The fraction of sp³-hybridized carbons (Fsp3) is 0.435. The van der Waals surface area contributed by atoms with Crippen molar-refractivity contribution in [3.8, 4) is 11.5 Å². The van der Waals surface area contributed by atoms with Crippen molar-refractivity contribution >= 4 is 37.5 Å². The number of rotatable bonds is 10. The number of fused-ring (bicyclic) bond motifs is 1. The first-order chi connectivity index (χ1) is 15.3. The molecule has 7 nitrogen and oxygen atoms in total. The van der Waals surface area contributed by atoms with Gasteiger partial charge in [-0.05, 0) is 62.1 Å². The smallest absolute Gasteiger partial charge is 0.242 e. The summed E-state index contributed by atoms with van der Waals surface area (Å²) in [4.78, 5) is 14.1. The van der Waals surface area contributed by atoms with Crippen LogP contribution in [-0.4, -0.2) is 40.6 Å². The Kier molecular flexibility index (Phi) is 8.19. The number of benzene rings is 2. The Bertz CT molecular complexity index is 1090. The molecule has 1 amide bonds. The summed E-state index contributed by atoms with van der Waals surface area (Å²) in [5.74, 6) is 1.23. The molecule has 1 aliphatic rings. The summed E-state index contributed by atoms with van der Waals surface area (Å²) < 4.78 is 41.0. The second-order valence-corrected chi connectivity index (χ2v) is 10.0. The number of sulfonamides is 1. The van der Waals surface area contributed by atoms with E-state index in [2.05, 4.69) is 20.7 Å². The van der Waals surface area contributed by atoms with Crippen molar-refractivity contribution in [2.45, 2.75) is 44.9 Å². The zero-order chi connectivity index (χ0) is 23.3. The molecule has 9 heteroatoms. The highest BCUT2D eigenvalue weighted by atomic mass is 79.9. The van der Waals surface area contributed by atoms with Crippen LogP contribution >= 0.6 is 15.9 Å². The lowest BCUT2D eigenvalue weighted by Crippen LogP contribution is -2.32. The highest BCUT2D eigenvalue weighted by Crippen LogP contribution is 2.37. The van der Waals surface area contributed by atoms with Crippen LogP contribution in [0.1, 0.15) is 38.3 Å². The molecule has 0 saturated heterocycles. The molecule has 1 aliphatic heterocycles. The van der Waals surface area contributed by atoms with E-state index in [4.69, 9.17) is 9.47 Å². The maximum Gasteiger partial charge on any atom is 0.242 e. The molecular formula is C23H29BrN2O5S. The Morgan fingerprint density at radius 3 is 2.50 bits per heavy atom. The van der Waals surface area contributed by atoms with E-state index >= 15 is 0 Å². The van der Waals surface area contributed by atoms with E-state index in [0.717, 1.165) is 11.1 Å². The van der Waals surface area contributed by atoms with Gasteiger partial charge in [-0.1, -0.05) is 28.9 Å². The fourth-order valence-electron chi connectivity index (χ4n) is 3.77. The number of ether oxygens (including phenoxy) is 2. The minimum Gasteiger partial charge on any atom is -0.490 e. The number of carbonyl (C=O) groups excluding carboxylic acids is 1. The van der Waals surface area contributed by atoms with Crippen molar-refractivity contribution in [1.29, 1.82) is 0 Å². The number of anilines is 1. The first-order valence-corrected chi connectivity index (χ1v) is 13.1. The van der Waals surface area contributed by atoms with Gasteiger partial charge in [0.2, 0.25) is 15.9 Å². The largest absolute Gasteiger partial charge is 0.490 e. The molecule has 0 spiro atoms. The molecule has 0 aliphatic carbocycles. The lowest BCUT2D eigenvalue weighted by Gasteiger charge is -2.20. The van der Waals surface area contributed by atoms with Gasteiger partial charge in [-0.15, -0.1) is 0 Å². The molecule has 3 rings (SSSR count). The van der Waals surface area contributed by atoms with Crippen LogP contribution in [0.2, 0.25) is 0 Å². The summed E-state index contributed by atoms with van der Waals surface area (Å²) in [5, 5.41) is 0. The molecule has 2 aromatic carbocycles. The summed E-state index contributed by atoms with van der Waals surface area (Å²) >= 11 is 3.41. The topological polar surface area (TPSA) is 84.9 Å². The van der Waals surface area contributed by atoms with Gasteiger partial charge in [0.1, 0.15) is 4.90 Å². The van der Waals surface area contributed by atoms with E-state index in [1.54, 1.807) is 17.9 Å². The van der Waals surface area contributed by atoms with E-state index in [9.17, 15) is 13.2 Å². The Balaban J connectivity index is 1.78. The zero-order valence-electron chi connectivity index (χ0n) is 18.6. The molecule has 0 bridgehead atoms. The Hall–Kier alpha value is -2.10. The summed E-state index contributed by atoms with van der Waals surface area (Å²) in [6.45, 7) is 7.34. The van der Waals surface area contributed by atoms with Crippen LogP contribution in [0.4, 0.5) is 5.69 Å². The van der Waals surface area contributed by atoms with E-state index in [1.165, 1.54) is 0 Å². The van der Waals surface area contributed by atoms with Gasteiger partial charge in [-0.25, -0.2) is 13.1 Å². The predicted octanol–water partition coefficient (Wildman–Crippen LogP) is 4.07. The molecule has 0 unspecified atom stereocenters. The van der Waals surface area contributed by atoms with Crippen molar-refractivity contribution in [3.05, 3.63) is 45.9 Å². The molecule has 0 fully saturated rings. The highest BCUT2D eigenvalue weighted by Gasteiger charge is 2.31. The average Bonchev–Trinajstić information content (AvgIpc) is 3.18. The minimum atomic E-state index is -3.82. The first kappa shape index (κ1) is 24.5. The van der Waals surface area contributed by atoms with Gasteiger partial charge < -0.3 is 14.4 Å². The van der Waals surface area contributed by atoms with Crippen molar-refractivity contribution < 1.29 is 22.7 Å². The number of carbonyl (C=O) groups is 1. The van der Waals surface area contributed by atoms with Gasteiger partial charge in [0.15, 0.2) is 11.5 Å². The van der Waals surface area contributed by atoms with E-state index in [-0.39, 0.29) is 17.3 Å². The van der Waals surface area contributed by atoms with Crippen LogP contribution in [0, 0.1) is 0 Å². The second-order valence-electron chi connectivity index (χ2n) is 7.36. The van der Waals surface area contributed by atoms with Crippen LogP contribution in [-0.2, 0) is 27.7 Å². The van der Waals surface area contributed by atoms with Crippen LogP contribution < -0.4 is 19.1 Å². The third kappa shape index (κ3) is 5.44. The van der Waals surface area contributed by atoms with Gasteiger partial charge in [-0.3, -0.25) is 4.79 Å².